The molecule has 0 aliphatic carbocycles. The average Bonchev–Trinajstić information content (AvgIpc) is 3.04. The fraction of sp³-hybridized carbons (Fsp3) is 0.312. The van der Waals surface area contributed by atoms with Gasteiger partial charge in [0.1, 0.15) is 10.7 Å². The van der Waals surface area contributed by atoms with Crippen molar-refractivity contribution in [3.05, 3.63) is 44.4 Å². The van der Waals surface area contributed by atoms with Gasteiger partial charge in [0.15, 0.2) is 4.80 Å². The number of aryl methyl sites for hydroxylation is 2. The highest BCUT2D eigenvalue weighted by Crippen LogP contribution is 2.20. The molecule has 1 amide bonds. The van der Waals surface area contributed by atoms with Crippen molar-refractivity contribution in [1.82, 2.24) is 9.55 Å². The molecule has 0 bridgehead atoms. The van der Waals surface area contributed by atoms with Crippen molar-refractivity contribution in [1.29, 1.82) is 0 Å². The number of methoxy groups -OCH3 is 1. The van der Waals surface area contributed by atoms with E-state index in [1.165, 1.54) is 34.8 Å². The van der Waals surface area contributed by atoms with E-state index in [0.717, 1.165) is 15.2 Å². The van der Waals surface area contributed by atoms with E-state index in [1.54, 1.807) is 20.1 Å². The van der Waals surface area contributed by atoms with Crippen molar-refractivity contribution in [2.24, 2.45) is 4.99 Å². The molecule has 0 radical (unpaired) electrons. The topological polar surface area (TPSA) is 56.5 Å². The maximum Gasteiger partial charge on any atom is 0.291 e. The number of fused-ring (bicyclic) bond motifs is 1. The molecule has 0 spiro atoms. The van der Waals surface area contributed by atoms with Crippen LogP contribution < -0.4 is 4.80 Å². The van der Waals surface area contributed by atoms with Gasteiger partial charge >= 0.3 is 0 Å². The lowest BCUT2D eigenvalue weighted by Gasteiger charge is -2.03. The van der Waals surface area contributed by atoms with Gasteiger partial charge < -0.3 is 9.30 Å². The zero-order valence-corrected chi connectivity index (χ0v) is 15.1. The van der Waals surface area contributed by atoms with Crippen LogP contribution in [0.1, 0.15) is 20.4 Å². The van der Waals surface area contributed by atoms with E-state index in [2.05, 4.69) is 9.98 Å². The Morgan fingerprint density at radius 3 is 2.83 bits per heavy atom. The summed E-state index contributed by atoms with van der Waals surface area (Å²) in [7, 11) is 1.61. The Balaban J connectivity index is 2.13. The van der Waals surface area contributed by atoms with Crippen molar-refractivity contribution in [2.75, 3.05) is 13.7 Å². The lowest BCUT2D eigenvalue weighted by Crippen LogP contribution is -2.19. The van der Waals surface area contributed by atoms with Crippen molar-refractivity contribution in [2.45, 2.75) is 20.4 Å². The van der Waals surface area contributed by atoms with Gasteiger partial charge in [-0.05, 0) is 32.0 Å². The summed E-state index contributed by atoms with van der Waals surface area (Å²) in [5.74, 6) is -0.634. The first-order valence-electron chi connectivity index (χ1n) is 7.30. The minimum atomic E-state index is -0.323. The third-order valence-corrected chi connectivity index (χ3v) is 5.56. The summed E-state index contributed by atoms with van der Waals surface area (Å²) in [6.07, 6.45) is 0. The summed E-state index contributed by atoms with van der Waals surface area (Å²) in [5, 5.41) is 0.830. The van der Waals surface area contributed by atoms with Crippen LogP contribution in [0.25, 0.3) is 10.2 Å². The first kappa shape index (κ1) is 16.9. The van der Waals surface area contributed by atoms with Crippen LogP contribution in [0, 0.1) is 19.7 Å². The maximum atomic E-state index is 13.5. The van der Waals surface area contributed by atoms with Crippen LogP contribution in [0.4, 0.5) is 4.39 Å². The van der Waals surface area contributed by atoms with Gasteiger partial charge in [-0.2, -0.15) is 4.99 Å². The lowest BCUT2D eigenvalue weighted by atomic mass is 10.3. The first-order valence-corrected chi connectivity index (χ1v) is 8.94. The highest BCUT2D eigenvalue weighted by molar-refractivity contribution is 7.16. The van der Waals surface area contributed by atoms with E-state index in [9.17, 15) is 9.18 Å². The monoisotopic (exact) mass is 365 g/mol. The summed E-state index contributed by atoms with van der Waals surface area (Å²) in [4.78, 5) is 22.1. The molecule has 0 saturated carbocycles. The molecule has 8 heteroatoms. The molecule has 0 saturated heterocycles. The Labute approximate surface area is 146 Å². The molecular formula is C16H16FN3O2S2. The molecule has 0 N–H and O–H groups in total. The molecule has 0 aliphatic rings. The van der Waals surface area contributed by atoms with Crippen LogP contribution in [0.2, 0.25) is 0 Å². The van der Waals surface area contributed by atoms with E-state index in [-0.39, 0.29) is 11.7 Å². The molecule has 0 aliphatic heterocycles. The third-order valence-electron chi connectivity index (χ3n) is 3.46. The minimum Gasteiger partial charge on any atom is -0.383 e. The van der Waals surface area contributed by atoms with Crippen LogP contribution in [0.15, 0.2) is 23.2 Å². The number of amides is 1. The second-order valence-electron chi connectivity index (χ2n) is 5.21. The second kappa shape index (κ2) is 6.92. The van der Waals surface area contributed by atoms with Crippen LogP contribution in [-0.4, -0.2) is 29.2 Å². The molecule has 1 aromatic carbocycles. The highest BCUT2D eigenvalue weighted by atomic mass is 32.1. The standard InChI is InChI=1S/C16H16FN3O2S2/c1-9-14(23-10(2)18-9)15(21)19-16-20(6-7-22-3)12-5-4-11(17)8-13(12)24-16/h4-5,8H,6-7H2,1-3H3. The summed E-state index contributed by atoms with van der Waals surface area (Å²) in [6, 6.07) is 4.55. The molecule has 126 valence electrons. The van der Waals surface area contributed by atoms with Crippen LogP contribution in [-0.2, 0) is 11.3 Å². The number of hydrogen-bond acceptors (Lipinski definition) is 5. The zero-order valence-electron chi connectivity index (χ0n) is 13.5. The molecule has 24 heavy (non-hydrogen) atoms. The summed E-state index contributed by atoms with van der Waals surface area (Å²) < 4.78 is 21.2. The number of carbonyl (C=O) groups excluding carboxylic acids is 1. The van der Waals surface area contributed by atoms with E-state index >= 15 is 0 Å². The van der Waals surface area contributed by atoms with E-state index in [4.69, 9.17) is 4.74 Å². The number of nitrogens with zero attached hydrogens (tertiary/aromatic N) is 3. The lowest BCUT2D eigenvalue weighted by molar-refractivity contribution is 0.100. The fourth-order valence-electron chi connectivity index (χ4n) is 2.40. The molecule has 0 fully saturated rings. The Hall–Kier alpha value is -1.90. The summed E-state index contributed by atoms with van der Waals surface area (Å²) in [6.45, 7) is 4.67. The number of hydrogen-bond donors (Lipinski definition) is 0. The molecule has 2 aromatic heterocycles. The van der Waals surface area contributed by atoms with E-state index in [1.807, 2.05) is 11.5 Å². The number of ether oxygens (including phenoxy) is 1. The normalized spacial score (nSPS) is 12.2. The molecule has 0 unspecified atom stereocenters. The largest absolute Gasteiger partial charge is 0.383 e. The van der Waals surface area contributed by atoms with E-state index < -0.39 is 0 Å². The Morgan fingerprint density at radius 1 is 1.38 bits per heavy atom. The van der Waals surface area contributed by atoms with Crippen molar-refractivity contribution >= 4 is 38.8 Å². The molecule has 0 atom stereocenters. The van der Waals surface area contributed by atoms with Crippen LogP contribution >= 0.6 is 22.7 Å². The van der Waals surface area contributed by atoms with Gasteiger partial charge in [0.25, 0.3) is 5.91 Å². The average molecular weight is 365 g/mol. The Kier molecular flexibility index (Phi) is 4.88. The van der Waals surface area contributed by atoms with Crippen molar-refractivity contribution in [3.8, 4) is 0 Å². The molecule has 3 rings (SSSR count). The Morgan fingerprint density at radius 2 is 2.17 bits per heavy atom. The van der Waals surface area contributed by atoms with Gasteiger partial charge in [-0.25, -0.2) is 9.37 Å². The van der Waals surface area contributed by atoms with Crippen molar-refractivity contribution < 1.29 is 13.9 Å². The SMILES string of the molecule is COCCn1c(=NC(=O)c2sc(C)nc2C)sc2cc(F)ccc21. The van der Waals surface area contributed by atoms with Gasteiger partial charge in [-0.3, -0.25) is 4.79 Å². The predicted octanol–water partition coefficient (Wildman–Crippen LogP) is 3.30. The quantitative estimate of drug-likeness (QED) is 0.713. The summed E-state index contributed by atoms with van der Waals surface area (Å²) in [5.41, 5.74) is 1.52. The number of aromatic nitrogens is 2. The highest BCUT2D eigenvalue weighted by Gasteiger charge is 2.14. The van der Waals surface area contributed by atoms with Gasteiger partial charge in [-0.1, -0.05) is 11.3 Å². The number of carbonyl (C=O) groups is 1. The molecule has 3 aromatic rings. The maximum absolute atomic E-state index is 13.5. The molecule has 5 nitrogen and oxygen atoms in total. The minimum absolute atomic E-state index is 0.311. The number of rotatable bonds is 4. The smallest absolute Gasteiger partial charge is 0.291 e. The van der Waals surface area contributed by atoms with Gasteiger partial charge in [-0.15, -0.1) is 11.3 Å². The molecular weight excluding hydrogens is 349 g/mol. The third kappa shape index (κ3) is 3.31. The number of thiazole rings is 2. The van der Waals surface area contributed by atoms with Crippen molar-refractivity contribution in [3.63, 3.8) is 0 Å². The van der Waals surface area contributed by atoms with E-state index in [0.29, 0.717) is 28.5 Å². The molecule has 2 heterocycles. The number of halogens is 1. The van der Waals surface area contributed by atoms with Crippen LogP contribution in [0.5, 0.6) is 0 Å². The Bertz CT molecular complexity index is 972. The number of benzene rings is 1. The van der Waals surface area contributed by atoms with Crippen LogP contribution in [0.3, 0.4) is 0 Å². The van der Waals surface area contributed by atoms with Gasteiger partial charge in [0.05, 0.1) is 27.5 Å². The predicted molar refractivity (Wildman–Crippen MR) is 93.1 cm³/mol. The zero-order chi connectivity index (χ0) is 17.3. The van der Waals surface area contributed by atoms with Gasteiger partial charge in [0, 0.05) is 13.7 Å². The summed E-state index contributed by atoms with van der Waals surface area (Å²) >= 11 is 2.62. The second-order valence-corrected chi connectivity index (χ2v) is 7.42. The van der Waals surface area contributed by atoms with Gasteiger partial charge in [0.2, 0.25) is 0 Å². The fourth-order valence-corrected chi connectivity index (χ4v) is 4.28. The first-order chi connectivity index (χ1) is 11.5.